The summed E-state index contributed by atoms with van der Waals surface area (Å²) >= 11 is 0. The molecular weight excluding hydrogens is 332 g/mol. The van der Waals surface area contributed by atoms with Gasteiger partial charge in [-0.15, -0.1) is 0 Å². The minimum atomic E-state index is -2.74. The molecule has 142 valence electrons. The fourth-order valence-electron chi connectivity index (χ4n) is 1.11. The second-order valence-electron chi connectivity index (χ2n) is 4.44. The van der Waals surface area contributed by atoms with Crippen molar-refractivity contribution in [2.75, 3.05) is 6.61 Å². The molecule has 1 atom stereocenters. The molecule has 0 heterocycles. The summed E-state index contributed by atoms with van der Waals surface area (Å²) in [6, 6.07) is 0. The molecule has 11 nitrogen and oxygen atoms in total. The van der Waals surface area contributed by atoms with Gasteiger partial charge in [0.15, 0.2) is 11.7 Å². The number of rotatable bonds is 8. The molecule has 0 aromatic heterocycles. The summed E-state index contributed by atoms with van der Waals surface area (Å²) < 4.78 is 0. The molecule has 0 aliphatic carbocycles. The molecule has 0 bridgehead atoms. The average Bonchev–Trinajstić information content (AvgIpc) is 2.38. The van der Waals surface area contributed by atoms with Crippen molar-refractivity contribution in [1.29, 1.82) is 0 Å². The van der Waals surface area contributed by atoms with E-state index in [1.807, 2.05) is 6.92 Å². The average molecular weight is 356 g/mol. The molecular formula is C13H24O11. The van der Waals surface area contributed by atoms with Crippen LogP contribution in [0.2, 0.25) is 0 Å². The lowest BCUT2D eigenvalue weighted by Crippen LogP contribution is -2.42. The summed E-state index contributed by atoms with van der Waals surface area (Å²) in [7, 11) is 0. The van der Waals surface area contributed by atoms with Gasteiger partial charge in [0.05, 0.1) is 12.8 Å². The van der Waals surface area contributed by atoms with Crippen molar-refractivity contribution >= 4 is 23.9 Å². The van der Waals surface area contributed by atoms with Crippen LogP contribution in [0.25, 0.3) is 0 Å². The van der Waals surface area contributed by atoms with Crippen molar-refractivity contribution < 1.29 is 54.9 Å². The Morgan fingerprint density at radius 1 is 0.917 bits per heavy atom. The highest BCUT2D eigenvalue weighted by atomic mass is 16.4. The van der Waals surface area contributed by atoms with E-state index in [9.17, 15) is 19.2 Å². The van der Waals surface area contributed by atoms with Crippen LogP contribution in [0.5, 0.6) is 0 Å². The van der Waals surface area contributed by atoms with Crippen LogP contribution in [0.3, 0.4) is 0 Å². The maximum Gasteiger partial charge on any atom is 0.336 e. The standard InChI is InChI=1S/C6H8O7.C5H10O3.C2H6O/c7-3(8)1-6(13,5(11)12)2-4(9)10;1-2-3-4(6)5(7)8;1-2-3/h13H,1-2H2,(H,7,8)(H,9,10)(H,11,12);4,6H,2-3H2,1H3,(H,7,8);3H,2H2,1H3. The highest BCUT2D eigenvalue weighted by Gasteiger charge is 2.40. The molecule has 0 radical (unpaired) electrons. The van der Waals surface area contributed by atoms with Gasteiger partial charge >= 0.3 is 23.9 Å². The maximum atomic E-state index is 10.3. The van der Waals surface area contributed by atoms with Gasteiger partial charge in [-0.25, -0.2) is 9.59 Å². The normalized spacial score (nSPS) is 11.0. The first-order chi connectivity index (χ1) is 10.9. The molecule has 0 fully saturated rings. The second-order valence-corrected chi connectivity index (χ2v) is 4.44. The Labute approximate surface area is 137 Å². The van der Waals surface area contributed by atoms with Gasteiger partial charge in [-0.05, 0) is 13.3 Å². The molecule has 7 N–H and O–H groups in total. The van der Waals surface area contributed by atoms with Crippen molar-refractivity contribution in [3.8, 4) is 0 Å². The van der Waals surface area contributed by atoms with Gasteiger partial charge in [0, 0.05) is 6.61 Å². The van der Waals surface area contributed by atoms with Gasteiger partial charge in [-0.2, -0.15) is 0 Å². The predicted octanol–water partition coefficient (Wildman–Crippen LogP) is -1.02. The van der Waals surface area contributed by atoms with E-state index < -0.39 is 48.4 Å². The van der Waals surface area contributed by atoms with Crippen molar-refractivity contribution in [2.45, 2.75) is 51.2 Å². The van der Waals surface area contributed by atoms with Gasteiger partial charge in [-0.3, -0.25) is 9.59 Å². The number of carbonyl (C=O) groups is 4. The van der Waals surface area contributed by atoms with Gasteiger partial charge in [0.2, 0.25) is 0 Å². The van der Waals surface area contributed by atoms with Crippen molar-refractivity contribution in [3.63, 3.8) is 0 Å². The van der Waals surface area contributed by atoms with Crippen LogP contribution >= 0.6 is 0 Å². The van der Waals surface area contributed by atoms with E-state index in [4.69, 9.17) is 35.7 Å². The predicted molar refractivity (Wildman–Crippen MR) is 78.4 cm³/mol. The van der Waals surface area contributed by atoms with Crippen LogP contribution < -0.4 is 0 Å². The van der Waals surface area contributed by atoms with E-state index in [-0.39, 0.29) is 6.61 Å². The molecule has 11 heteroatoms. The summed E-state index contributed by atoms with van der Waals surface area (Å²) in [6.07, 6.45) is -2.41. The third-order valence-electron chi connectivity index (χ3n) is 2.13. The number of hydrogen-bond acceptors (Lipinski definition) is 7. The van der Waals surface area contributed by atoms with Gasteiger partial charge < -0.3 is 35.7 Å². The Morgan fingerprint density at radius 2 is 1.25 bits per heavy atom. The fraction of sp³-hybridized carbons (Fsp3) is 0.692. The number of aliphatic hydroxyl groups excluding tert-OH is 2. The van der Waals surface area contributed by atoms with Crippen LogP contribution in [0.4, 0.5) is 0 Å². The topological polar surface area (TPSA) is 210 Å². The van der Waals surface area contributed by atoms with Gasteiger partial charge in [0.25, 0.3) is 0 Å². The van der Waals surface area contributed by atoms with Crippen LogP contribution in [-0.2, 0) is 19.2 Å². The zero-order valence-electron chi connectivity index (χ0n) is 13.4. The second kappa shape index (κ2) is 14.4. The molecule has 0 spiro atoms. The van der Waals surface area contributed by atoms with Crippen LogP contribution in [0, 0.1) is 0 Å². The minimum Gasteiger partial charge on any atom is -0.481 e. The molecule has 0 saturated heterocycles. The van der Waals surface area contributed by atoms with Gasteiger partial charge in [0.1, 0.15) is 0 Å². The maximum absolute atomic E-state index is 10.3. The monoisotopic (exact) mass is 356 g/mol. The summed E-state index contributed by atoms with van der Waals surface area (Å²) in [5, 5.41) is 58.0. The molecule has 0 saturated carbocycles. The Balaban J connectivity index is -0.000000341. The number of hydrogen-bond donors (Lipinski definition) is 7. The first-order valence-electron chi connectivity index (χ1n) is 6.78. The minimum absolute atomic E-state index is 0.250. The Morgan fingerprint density at radius 3 is 1.38 bits per heavy atom. The lowest BCUT2D eigenvalue weighted by molar-refractivity contribution is -0.170. The van der Waals surface area contributed by atoms with Crippen LogP contribution in [0.15, 0.2) is 0 Å². The number of carboxylic acids is 4. The van der Waals surface area contributed by atoms with E-state index in [0.29, 0.717) is 12.8 Å². The SMILES string of the molecule is CCCC(O)C(=O)O.CCO.O=C(O)CC(O)(CC(=O)O)C(=O)O. The Bertz CT molecular complexity index is 389. The molecule has 0 rings (SSSR count). The third kappa shape index (κ3) is 16.1. The van der Waals surface area contributed by atoms with Crippen molar-refractivity contribution in [2.24, 2.45) is 0 Å². The molecule has 1 unspecified atom stereocenters. The summed E-state index contributed by atoms with van der Waals surface area (Å²) in [4.78, 5) is 40.3. The number of carboxylic acid groups (broad SMARTS) is 4. The van der Waals surface area contributed by atoms with E-state index in [2.05, 4.69) is 0 Å². The smallest absolute Gasteiger partial charge is 0.336 e. The lowest BCUT2D eigenvalue weighted by Gasteiger charge is -2.18. The zero-order valence-corrected chi connectivity index (χ0v) is 13.4. The molecule has 24 heavy (non-hydrogen) atoms. The van der Waals surface area contributed by atoms with E-state index in [1.54, 1.807) is 6.92 Å². The van der Waals surface area contributed by atoms with Gasteiger partial charge in [-0.1, -0.05) is 13.3 Å². The first-order valence-corrected chi connectivity index (χ1v) is 6.78. The fourth-order valence-corrected chi connectivity index (χ4v) is 1.11. The summed E-state index contributed by atoms with van der Waals surface area (Å²) in [6.45, 7) is 3.76. The summed E-state index contributed by atoms with van der Waals surface area (Å²) in [5.74, 6) is -6.15. The largest absolute Gasteiger partial charge is 0.481 e. The third-order valence-corrected chi connectivity index (χ3v) is 2.13. The Hall–Kier alpha value is -2.24. The first kappa shape index (κ1) is 26.6. The molecule has 0 aliphatic rings. The molecule has 0 aromatic rings. The van der Waals surface area contributed by atoms with Crippen LogP contribution in [-0.4, -0.2) is 77.9 Å². The molecule has 0 amide bonds. The van der Waals surface area contributed by atoms with E-state index >= 15 is 0 Å². The van der Waals surface area contributed by atoms with Crippen molar-refractivity contribution in [1.82, 2.24) is 0 Å². The zero-order chi connectivity index (χ0) is 19.9. The highest BCUT2D eigenvalue weighted by molar-refractivity contribution is 5.88. The molecule has 0 aliphatic heterocycles. The number of aliphatic hydroxyl groups is 3. The quantitative estimate of drug-likeness (QED) is 0.280. The lowest BCUT2D eigenvalue weighted by atomic mass is 9.96. The van der Waals surface area contributed by atoms with Crippen LogP contribution in [0.1, 0.15) is 39.5 Å². The number of aliphatic carboxylic acids is 4. The van der Waals surface area contributed by atoms with Crippen molar-refractivity contribution in [3.05, 3.63) is 0 Å². The molecule has 0 aromatic carbocycles. The Kier molecular flexibility index (Phi) is 15.9. The summed E-state index contributed by atoms with van der Waals surface area (Å²) in [5.41, 5.74) is -2.74. The van der Waals surface area contributed by atoms with E-state index in [1.165, 1.54) is 0 Å². The van der Waals surface area contributed by atoms with E-state index in [0.717, 1.165) is 0 Å². The highest BCUT2D eigenvalue weighted by Crippen LogP contribution is 2.15.